The van der Waals surface area contributed by atoms with E-state index in [4.69, 9.17) is 4.74 Å². The first-order valence-corrected chi connectivity index (χ1v) is 7.84. The third-order valence-corrected chi connectivity index (χ3v) is 4.30. The molecular formula is C18H19ClN4O. The van der Waals surface area contributed by atoms with Crippen molar-refractivity contribution in [1.82, 2.24) is 15.0 Å². The second-order valence-electron chi connectivity index (χ2n) is 5.76. The van der Waals surface area contributed by atoms with Crippen molar-refractivity contribution >= 4 is 29.3 Å². The van der Waals surface area contributed by atoms with E-state index in [0.29, 0.717) is 11.5 Å². The molecule has 124 valence electrons. The van der Waals surface area contributed by atoms with E-state index >= 15 is 0 Å². The van der Waals surface area contributed by atoms with Gasteiger partial charge in [0.15, 0.2) is 5.65 Å². The SMILES string of the molecule is COc1ccc2c(NCc3ccc4c(c3)CCC4)ncnc2n1.Cl. The molecule has 0 radical (unpaired) electrons. The molecular weight excluding hydrogens is 324 g/mol. The lowest BCUT2D eigenvalue weighted by Crippen LogP contribution is -2.04. The number of hydrogen-bond acceptors (Lipinski definition) is 5. The number of methoxy groups -OCH3 is 1. The molecule has 0 amide bonds. The van der Waals surface area contributed by atoms with Gasteiger partial charge in [0.05, 0.1) is 12.5 Å². The molecule has 1 aliphatic rings. The summed E-state index contributed by atoms with van der Waals surface area (Å²) in [5.41, 5.74) is 4.90. The van der Waals surface area contributed by atoms with E-state index in [-0.39, 0.29) is 12.4 Å². The summed E-state index contributed by atoms with van der Waals surface area (Å²) in [6.07, 6.45) is 5.21. The van der Waals surface area contributed by atoms with Crippen molar-refractivity contribution in [2.24, 2.45) is 0 Å². The van der Waals surface area contributed by atoms with E-state index in [2.05, 4.69) is 38.5 Å². The Balaban J connectivity index is 0.00000169. The Labute approximate surface area is 146 Å². The molecule has 24 heavy (non-hydrogen) atoms. The maximum Gasteiger partial charge on any atom is 0.215 e. The second-order valence-corrected chi connectivity index (χ2v) is 5.76. The molecule has 1 aromatic carbocycles. The van der Waals surface area contributed by atoms with Crippen LogP contribution >= 0.6 is 12.4 Å². The second kappa shape index (κ2) is 7.01. The first-order chi connectivity index (χ1) is 11.3. The lowest BCUT2D eigenvalue weighted by Gasteiger charge is -2.10. The number of ether oxygens (including phenoxy) is 1. The van der Waals surface area contributed by atoms with Gasteiger partial charge in [-0.2, -0.15) is 4.98 Å². The zero-order valence-electron chi connectivity index (χ0n) is 13.5. The van der Waals surface area contributed by atoms with Crippen LogP contribution in [0.5, 0.6) is 5.88 Å². The van der Waals surface area contributed by atoms with Gasteiger partial charge in [-0.25, -0.2) is 9.97 Å². The van der Waals surface area contributed by atoms with Gasteiger partial charge in [0.25, 0.3) is 0 Å². The van der Waals surface area contributed by atoms with Crippen LogP contribution in [0.1, 0.15) is 23.1 Å². The van der Waals surface area contributed by atoms with Gasteiger partial charge in [0.1, 0.15) is 12.1 Å². The summed E-state index contributed by atoms with van der Waals surface area (Å²) >= 11 is 0. The maximum absolute atomic E-state index is 5.14. The molecule has 0 atom stereocenters. The molecule has 0 spiro atoms. The van der Waals surface area contributed by atoms with Crippen LogP contribution in [0.4, 0.5) is 5.82 Å². The Bertz CT molecular complexity index is 869. The van der Waals surface area contributed by atoms with E-state index in [0.717, 1.165) is 17.7 Å². The molecule has 1 N–H and O–H groups in total. The molecule has 2 heterocycles. The van der Waals surface area contributed by atoms with E-state index < -0.39 is 0 Å². The molecule has 5 nitrogen and oxygen atoms in total. The minimum absolute atomic E-state index is 0. The smallest absolute Gasteiger partial charge is 0.215 e. The number of nitrogens with zero attached hydrogens (tertiary/aromatic N) is 3. The first kappa shape index (κ1) is 16.5. The Kier molecular flexibility index (Phi) is 4.81. The number of fused-ring (bicyclic) bond motifs is 2. The summed E-state index contributed by atoms with van der Waals surface area (Å²) < 4.78 is 5.14. The largest absolute Gasteiger partial charge is 0.481 e. The van der Waals surface area contributed by atoms with Crippen LogP contribution in [0.2, 0.25) is 0 Å². The molecule has 2 aromatic heterocycles. The normalized spacial score (nSPS) is 12.5. The van der Waals surface area contributed by atoms with Crippen molar-refractivity contribution in [1.29, 1.82) is 0 Å². The van der Waals surface area contributed by atoms with Crippen molar-refractivity contribution in [3.8, 4) is 5.88 Å². The number of anilines is 1. The minimum Gasteiger partial charge on any atom is -0.481 e. The summed E-state index contributed by atoms with van der Waals surface area (Å²) in [6, 6.07) is 10.5. The fourth-order valence-corrected chi connectivity index (χ4v) is 3.10. The van der Waals surface area contributed by atoms with Gasteiger partial charge in [-0.15, -0.1) is 12.4 Å². The molecule has 0 saturated carbocycles. The van der Waals surface area contributed by atoms with Gasteiger partial charge >= 0.3 is 0 Å². The molecule has 0 unspecified atom stereocenters. The highest BCUT2D eigenvalue weighted by Crippen LogP contribution is 2.24. The van der Waals surface area contributed by atoms with Crippen molar-refractivity contribution < 1.29 is 4.74 Å². The summed E-state index contributed by atoms with van der Waals surface area (Å²) in [4.78, 5) is 12.9. The Hall–Kier alpha value is -2.40. The topological polar surface area (TPSA) is 59.9 Å². The van der Waals surface area contributed by atoms with Gasteiger partial charge in [-0.1, -0.05) is 18.2 Å². The van der Waals surface area contributed by atoms with Crippen LogP contribution in [-0.4, -0.2) is 22.1 Å². The monoisotopic (exact) mass is 342 g/mol. The average molecular weight is 343 g/mol. The standard InChI is InChI=1S/C18H18N4O.ClH/c1-23-16-8-7-15-17(20-11-21-18(15)22-16)19-10-12-5-6-13-3-2-4-14(13)9-12;/h5-9,11H,2-4,10H2,1H3,(H,19,20,21,22);1H. The molecule has 0 fully saturated rings. The van der Waals surface area contributed by atoms with Crippen molar-refractivity contribution in [2.75, 3.05) is 12.4 Å². The maximum atomic E-state index is 5.14. The molecule has 0 aliphatic heterocycles. The Morgan fingerprint density at radius 2 is 1.96 bits per heavy atom. The third kappa shape index (κ3) is 3.12. The number of aromatic nitrogens is 3. The lowest BCUT2D eigenvalue weighted by molar-refractivity contribution is 0.399. The zero-order valence-corrected chi connectivity index (χ0v) is 14.3. The fraction of sp³-hybridized carbons (Fsp3) is 0.278. The van der Waals surface area contributed by atoms with Crippen molar-refractivity contribution in [3.05, 3.63) is 53.3 Å². The highest BCUT2D eigenvalue weighted by molar-refractivity contribution is 5.86. The quantitative estimate of drug-likeness (QED) is 0.785. The molecule has 0 bridgehead atoms. The van der Waals surface area contributed by atoms with Crippen molar-refractivity contribution in [2.45, 2.75) is 25.8 Å². The number of aryl methyl sites for hydroxylation is 2. The average Bonchev–Trinajstić information content (AvgIpc) is 3.07. The Morgan fingerprint density at radius 3 is 2.83 bits per heavy atom. The van der Waals surface area contributed by atoms with Crippen LogP contribution in [0.15, 0.2) is 36.7 Å². The van der Waals surface area contributed by atoms with E-state index in [1.54, 1.807) is 7.11 Å². The predicted molar refractivity (Wildman–Crippen MR) is 96.9 cm³/mol. The third-order valence-electron chi connectivity index (χ3n) is 4.30. The molecule has 3 aromatic rings. The van der Waals surface area contributed by atoms with Gasteiger partial charge in [0.2, 0.25) is 5.88 Å². The van der Waals surface area contributed by atoms with E-state index in [1.807, 2.05) is 12.1 Å². The van der Waals surface area contributed by atoms with Crippen LogP contribution < -0.4 is 10.1 Å². The van der Waals surface area contributed by atoms with E-state index in [1.165, 1.54) is 42.3 Å². The number of hydrogen-bond donors (Lipinski definition) is 1. The Morgan fingerprint density at radius 1 is 1.08 bits per heavy atom. The van der Waals surface area contributed by atoms with Gasteiger partial charge in [-0.3, -0.25) is 0 Å². The number of nitrogens with one attached hydrogen (secondary N) is 1. The number of benzene rings is 1. The van der Waals surface area contributed by atoms with Gasteiger partial charge < -0.3 is 10.1 Å². The summed E-state index contributed by atoms with van der Waals surface area (Å²) in [6.45, 7) is 0.741. The molecule has 0 saturated heterocycles. The summed E-state index contributed by atoms with van der Waals surface area (Å²) in [5.74, 6) is 1.35. The predicted octanol–water partition coefficient (Wildman–Crippen LogP) is 3.56. The van der Waals surface area contributed by atoms with Crippen molar-refractivity contribution in [3.63, 3.8) is 0 Å². The van der Waals surface area contributed by atoms with Crippen LogP contribution in [-0.2, 0) is 19.4 Å². The van der Waals surface area contributed by atoms with Crippen LogP contribution in [0.25, 0.3) is 11.0 Å². The van der Waals surface area contributed by atoms with Crippen LogP contribution in [0.3, 0.4) is 0 Å². The van der Waals surface area contributed by atoms with Crippen LogP contribution in [0, 0.1) is 0 Å². The van der Waals surface area contributed by atoms with E-state index in [9.17, 15) is 0 Å². The molecule has 4 rings (SSSR count). The van der Waals surface area contributed by atoms with Gasteiger partial charge in [0, 0.05) is 12.6 Å². The number of pyridine rings is 1. The van der Waals surface area contributed by atoms with Gasteiger partial charge in [-0.05, 0) is 42.0 Å². The molecule has 1 aliphatic carbocycles. The number of rotatable bonds is 4. The summed E-state index contributed by atoms with van der Waals surface area (Å²) in [5, 5.41) is 4.30. The highest BCUT2D eigenvalue weighted by atomic mass is 35.5. The lowest BCUT2D eigenvalue weighted by atomic mass is 10.1. The minimum atomic E-state index is 0. The zero-order chi connectivity index (χ0) is 15.6. The summed E-state index contributed by atoms with van der Waals surface area (Å²) in [7, 11) is 1.60. The highest BCUT2D eigenvalue weighted by Gasteiger charge is 2.11. The number of halogens is 1. The molecule has 6 heteroatoms. The first-order valence-electron chi connectivity index (χ1n) is 7.84. The fourth-order valence-electron chi connectivity index (χ4n) is 3.10.